The lowest BCUT2D eigenvalue weighted by Crippen LogP contribution is -2.60. The number of methoxy groups -OCH3 is 2. The van der Waals surface area contributed by atoms with Gasteiger partial charge in [-0.25, -0.2) is 14.3 Å². The number of aromatic nitrogens is 3. The number of amides is 7. The number of aliphatic hydroxyl groups excluding tert-OH is 2. The van der Waals surface area contributed by atoms with Crippen LogP contribution >= 0.6 is 11.3 Å². The zero-order valence-corrected chi connectivity index (χ0v) is 60.9. The van der Waals surface area contributed by atoms with Crippen molar-refractivity contribution in [2.24, 2.45) is 23.7 Å². The maximum atomic E-state index is 15.0. The topological polar surface area (TPSA) is 348 Å². The Balaban J connectivity index is 0.955. The van der Waals surface area contributed by atoms with Crippen LogP contribution < -0.4 is 15.4 Å². The highest BCUT2D eigenvalue weighted by Crippen LogP contribution is 2.39. The number of carbonyl (C=O) groups is 8. The minimum Gasteiger partial charge on any atom is -0.479 e. The molecular formula is C71H103N9O20S. The van der Waals surface area contributed by atoms with Gasteiger partial charge in [0, 0.05) is 80.4 Å². The first-order valence-electron chi connectivity index (χ1n) is 34.6. The number of hydrogen-bond acceptors (Lipinski definition) is 22. The summed E-state index contributed by atoms with van der Waals surface area (Å²) in [6.45, 7) is 17.4. The highest BCUT2D eigenvalue weighted by Gasteiger charge is 2.44. The van der Waals surface area contributed by atoms with E-state index in [9.17, 15) is 53.7 Å². The van der Waals surface area contributed by atoms with Gasteiger partial charge < -0.3 is 78.4 Å². The van der Waals surface area contributed by atoms with Crippen molar-refractivity contribution in [3.63, 3.8) is 0 Å². The van der Waals surface area contributed by atoms with E-state index in [-0.39, 0.29) is 88.3 Å². The lowest BCUT2D eigenvalue weighted by atomic mass is 9.89. The number of benzene rings is 2. The molecule has 558 valence electrons. The van der Waals surface area contributed by atoms with Gasteiger partial charge >= 0.3 is 12.1 Å². The third-order valence-electron chi connectivity index (χ3n) is 18.6. The largest absolute Gasteiger partial charge is 0.479 e. The average molecular weight is 1430 g/mol. The molecule has 2 aromatic carbocycles. The van der Waals surface area contributed by atoms with E-state index in [1.807, 2.05) is 52.0 Å². The number of likely N-dealkylation sites (tertiary alicyclic amines) is 1. The number of likely N-dealkylation sites (N-methyl/N-ethyl adjacent to an activating group) is 2. The van der Waals surface area contributed by atoms with Crippen molar-refractivity contribution in [1.29, 1.82) is 0 Å². The molecule has 2 aromatic heterocycles. The van der Waals surface area contributed by atoms with Gasteiger partial charge in [-0.1, -0.05) is 96.5 Å². The summed E-state index contributed by atoms with van der Waals surface area (Å²) in [5.74, 6) is -4.98. The molecule has 0 bridgehead atoms. The molecule has 0 unspecified atom stereocenters. The molecule has 30 heteroatoms. The normalized spacial score (nSPS) is 19.8. The number of nitrogens with zero attached hydrogens (tertiary/aromatic N) is 7. The van der Waals surface area contributed by atoms with Gasteiger partial charge in [-0.15, -0.1) is 16.4 Å². The van der Waals surface area contributed by atoms with E-state index in [0.29, 0.717) is 91.5 Å². The van der Waals surface area contributed by atoms with Crippen LogP contribution in [-0.2, 0) is 91.2 Å². The minimum absolute atomic E-state index is 0.0125. The quantitative estimate of drug-likeness (QED) is 0.0280. The first-order valence-corrected chi connectivity index (χ1v) is 35.4. The molecule has 7 rings (SSSR count). The summed E-state index contributed by atoms with van der Waals surface area (Å²) in [7, 11) is 6.12. The second-order valence-electron chi connectivity index (χ2n) is 26.6. The fourth-order valence-electron chi connectivity index (χ4n) is 13.0. The molecule has 29 nitrogen and oxygen atoms in total. The van der Waals surface area contributed by atoms with E-state index in [1.165, 1.54) is 49.7 Å². The summed E-state index contributed by atoms with van der Waals surface area (Å²) in [5.41, 5.74) is 1.80. The number of ether oxygens (including phenoxy) is 9. The number of imide groups is 1. The molecule has 5 heterocycles. The van der Waals surface area contributed by atoms with E-state index in [1.54, 1.807) is 79.7 Å². The number of aliphatic hydroxyl groups is 2. The van der Waals surface area contributed by atoms with Gasteiger partial charge in [0.2, 0.25) is 29.9 Å². The SMILES string of the molecule is CC[C@H](C)[C@@H]([C@@H](CC(=O)N1CCC[C@H]1[C@H](OC)[C@@H](C)C(=O)N[C@H](C)[C@@H](O)c1ccccc1)OC)N(C)C(=O)[C@@H](NC(=O)[C@H](C(C)C)N(C)C(=O)OCc1ccc(O[C@H]2C[C@@H](O)C[C@@H](C(=O)O)O2)c2cc(Cn3cc(COCCOCCOCCOCCN4C(=O)C=CC4=O)nn3)sc12)C(C)C. The van der Waals surface area contributed by atoms with Crippen LogP contribution in [0.25, 0.3) is 10.1 Å². The molecule has 0 saturated carbocycles. The number of carboxylic acid groups (broad SMARTS) is 1. The van der Waals surface area contributed by atoms with E-state index in [4.69, 9.17) is 42.6 Å². The number of carbonyl (C=O) groups excluding carboxylic acids is 7. The predicted molar refractivity (Wildman–Crippen MR) is 370 cm³/mol. The first kappa shape index (κ1) is 80.8. The molecule has 5 N–H and O–H groups in total. The van der Waals surface area contributed by atoms with Crippen LogP contribution in [-0.4, -0.2) is 246 Å². The van der Waals surface area contributed by atoms with E-state index >= 15 is 0 Å². The lowest BCUT2D eigenvalue weighted by Gasteiger charge is -2.41. The van der Waals surface area contributed by atoms with Crippen LogP contribution in [0.5, 0.6) is 5.75 Å². The van der Waals surface area contributed by atoms with Gasteiger partial charge in [-0.3, -0.25) is 38.6 Å². The molecule has 13 atom stereocenters. The molecule has 3 aliphatic rings. The van der Waals surface area contributed by atoms with Crippen molar-refractivity contribution in [2.75, 3.05) is 87.7 Å². The van der Waals surface area contributed by atoms with Crippen molar-refractivity contribution >= 4 is 68.9 Å². The highest BCUT2D eigenvalue weighted by atomic mass is 32.1. The third-order valence-corrected chi connectivity index (χ3v) is 19.8. The van der Waals surface area contributed by atoms with Crippen molar-refractivity contribution in [3.8, 4) is 5.75 Å². The molecule has 4 aromatic rings. The summed E-state index contributed by atoms with van der Waals surface area (Å²) in [6, 6.07) is 10.4. The average Bonchev–Trinajstić information content (AvgIpc) is 1.73. The van der Waals surface area contributed by atoms with Crippen molar-refractivity contribution in [3.05, 3.63) is 88.6 Å². The second kappa shape index (κ2) is 39.2. The monoisotopic (exact) mass is 1430 g/mol. The third kappa shape index (κ3) is 22.2. The Morgan fingerprint density at radius 2 is 1.47 bits per heavy atom. The van der Waals surface area contributed by atoms with E-state index < -0.39 is 109 Å². The summed E-state index contributed by atoms with van der Waals surface area (Å²) in [4.78, 5) is 114. The number of thiophene rings is 1. The van der Waals surface area contributed by atoms with Crippen LogP contribution in [0.2, 0.25) is 0 Å². The lowest BCUT2D eigenvalue weighted by molar-refractivity contribution is -0.195. The highest BCUT2D eigenvalue weighted by molar-refractivity contribution is 7.19. The zero-order chi connectivity index (χ0) is 73.6. The molecule has 0 radical (unpaired) electrons. The summed E-state index contributed by atoms with van der Waals surface area (Å²) >= 11 is 1.37. The Kier molecular flexibility index (Phi) is 31.4. The smallest absolute Gasteiger partial charge is 0.410 e. The van der Waals surface area contributed by atoms with Crippen LogP contribution in [0.1, 0.15) is 122 Å². The molecule has 7 amide bonds. The maximum Gasteiger partial charge on any atom is 0.410 e. The Morgan fingerprint density at radius 3 is 2.09 bits per heavy atom. The number of nitrogens with one attached hydrogen (secondary N) is 2. The van der Waals surface area contributed by atoms with Crippen LogP contribution in [0.4, 0.5) is 4.79 Å². The van der Waals surface area contributed by atoms with Crippen LogP contribution in [0.3, 0.4) is 0 Å². The molecule has 0 spiro atoms. The molecule has 0 aliphatic carbocycles. The first-order chi connectivity index (χ1) is 48.3. The molecule has 2 fully saturated rings. The van der Waals surface area contributed by atoms with Crippen LogP contribution in [0.15, 0.2) is 66.9 Å². The van der Waals surface area contributed by atoms with Crippen molar-refractivity contribution in [1.82, 2.24) is 45.2 Å². The van der Waals surface area contributed by atoms with E-state index in [0.717, 1.165) is 9.78 Å². The Hall–Kier alpha value is -7.52. The molecule has 101 heavy (non-hydrogen) atoms. The molecule has 2 saturated heterocycles. The summed E-state index contributed by atoms with van der Waals surface area (Å²) < 4.78 is 54.7. The Labute approximate surface area is 594 Å². The van der Waals surface area contributed by atoms with Crippen LogP contribution in [0, 0.1) is 23.7 Å². The number of hydrogen-bond donors (Lipinski definition) is 5. The summed E-state index contributed by atoms with van der Waals surface area (Å²) in [5, 5.41) is 46.4. The molecular weight excluding hydrogens is 1330 g/mol. The zero-order valence-electron chi connectivity index (χ0n) is 60.1. The Bertz CT molecular complexity index is 3390. The van der Waals surface area contributed by atoms with Gasteiger partial charge in [0.1, 0.15) is 30.1 Å². The Morgan fingerprint density at radius 1 is 0.802 bits per heavy atom. The van der Waals surface area contributed by atoms with Crippen molar-refractivity contribution in [2.45, 2.75) is 181 Å². The fraction of sp³-hybridized carbons (Fsp3) is 0.634. The summed E-state index contributed by atoms with van der Waals surface area (Å²) in [6.07, 6.45) is -0.723. The number of rotatable bonds is 41. The standard InChI is InChI=1S/C71H103N9O20S/c1-13-44(6)63(55(92-11)37-59(84)79-25-17-20-53(79)65(93-12)45(7)67(86)72-46(8)64(85)47-18-15-14-16-19-47)76(9)69(88)61(42(2)3)73-68(87)62(43(4)5)77(10)71(91)98-40-48-21-22-54(99-60-35-50(81)34-56(100-60)70(89)90)52-36-51(101-66(48)52)39-78-38-49(74-75-78)41-97-33-32-96-31-30-95-29-28-94-27-26-80-57(82)23-24-58(80)83/h14-16,18-19,21-24,36,38,42-46,50,53,55-56,60-65,81,85H,13,17,20,25-35,37,39-41H2,1-12H3,(H,72,86)(H,73,87)(H,89,90)/t44-,45+,46+,50-,53-,55+,56-,60+,61-,62-,63-,64+,65+/m0/s1. The van der Waals surface area contributed by atoms with E-state index in [2.05, 4.69) is 20.9 Å². The van der Waals surface area contributed by atoms with Crippen molar-refractivity contribution < 1.29 is 96.3 Å². The number of fused-ring (bicyclic) bond motifs is 1. The number of aliphatic carboxylic acids is 1. The predicted octanol–water partition coefficient (Wildman–Crippen LogP) is 5.25. The van der Waals surface area contributed by atoms with Gasteiger partial charge in [-0.05, 0) is 55.2 Å². The van der Waals surface area contributed by atoms with Gasteiger partial charge in [0.05, 0.1) is 127 Å². The van der Waals surface area contributed by atoms with Gasteiger partial charge in [0.25, 0.3) is 11.8 Å². The molecule has 3 aliphatic heterocycles. The van der Waals surface area contributed by atoms with Gasteiger partial charge in [-0.2, -0.15) is 0 Å². The minimum atomic E-state index is -1.29. The van der Waals surface area contributed by atoms with Gasteiger partial charge in [0.15, 0.2) is 6.10 Å². The second-order valence-corrected chi connectivity index (χ2v) is 27.7. The number of carboxylic acids is 1. The fourth-order valence-corrected chi connectivity index (χ4v) is 14.1. The maximum absolute atomic E-state index is 15.0.